The Morgan fingerprint density at radius 2 is 2.07 bits per heavy atom. The second-order valence-electron chi connectivity index (χ2n) is 3.14. The second kappa shape index (κ2) is 4.61. The molecule has 0 amide bonds. The van der Waals surface area contributed by atoms with Gasteiger partial charge in [-0.25, -0.2) is 0 Å². The van der Waals surface area contributed by atoms with Crippen LogP contribution in [0.4, 0.5) is 5.69 Å². The van der Waals surface area contributed by atoms with Crippen molar-refractivity contribution in [2.45, 2.75) is 26.8 Å². The van der Waals surface area contributed by atoms with Crippen LogP contribution >= 0.6 is 0 Å². The average molecular weight is 199 g/mol. The van der Waals surface area contributed by atoms with Crippen LogP contribution in [0, 0.1) is 11.8 Å². The topological polar surface area (TPSA) is 96.2 Å². The van der Waals surface area contributed by atoms with E-state index < -0.39 is 0 Å². The zero-order valence-electron chi connectivity index (χ0n) is 8.31. The van der Waals surface area contributed by atoms with E-state index in [-0.39, 0.29) is 17.2 Å². The minimum Gasteiger partial charge on any atom is -0.870 e. The molecule has 0 atom stereocenters. The summed E-state index contributed by atoms with van der Waals surface area (Å²) >= 11 is 0. The maximum atomic E-state index is 10.7. The molecule has 1 heterocycles. The van der Waals surface area contributed by atoms with Crippen molar-refractivity contribution in [3.05, 3.63) is 16.3 Å². The molecule has 0 fully saturated rings. The second-order valence-corrected chi connectivity index (χ2v) is 3.14. The number of hydrogen-bond donors (Lipinski definition) is 1. The van der Waals surface area contributed by atoms with Gasteiger partial charge in [0.05, 0.1) is 0 Å². The quantitative estimate of drug-likeness (QED) is 0.450. The van der Waals surface area contributed by atoms with Gasteiger partial charge in [-0.2, -0.15) is 5.10 Å². The summed E-state index contributed by atoms with van der Waals surface area (Å²) in [7, 11) is 0. The van der Waals surface area contributed by atoms with Crippen LogP contribution in [0.2, 0.25) is 0 Å². The number of carbonyl (C=O) groups excluding carboxylic acids is 1. The van der Waals surface area contributed by atoms with Crippen molar-refractivity contribution in [2.24, 2.45) is 5.18 Å². The first kappa shape index (κ1) is 12.4. The Hall–Kier alpha value is -1.56. The smallest absolute Gasteiger partial charge is 0.300 e. The number of aromatic nitrogens is 2. The molecule has 1 rings (SSSR count). The van der Waals surface area contributed by atoms with Crippen LogP contribution in [0.25, 0.3) is 0 Å². The van der Waals surface area contributed by atoms with Gasteiger partial charge in [0, 0.05) is 0 Å². The van der Waals surface area contributed by atoms with Crippen LogP contribution in [-0.4, -0.2) is 16.9 Å². The van der Waals surface area contributed by atoms with Gasteiger partial charge in [-0.15, -0.1) is 9.59 Å². The largest absolute Gasteiger partial charge is 0.870 e. The van der Waals surface area contributed by atoms with E-state index in [1.807, 2.05) is 13.8 Å². The monoisotopic (exact) mass is 199 g/mol. The first-order chi connectivity index (χ1) is 6.11. The van der Waals surface area contributed by atoms with Crippen molar-refractivity contribution in [3.63, 3.8) is 0 Å². The van der Waals surface area contributed by atoms with E-state index in [4.69, 9.17) is 0 Å². The van der Waals surface area contributed by atoms with Crippen molar-refractivity contribution < 1.29 is 15.0 Å². The van der Waals surface area contributed by atoms with Crippen molar-refractivity contribution in [3.8, 4) is 0 Å². The molecule has 0 unspecified atom stereocenters. The number of nitrogens with zero attached hydrogens (tertiary/aromatic N) is 2. The van der Waals surface area contributed by atoms with Crippen LogP contribution < -0.4 is 4.68 Å². The lowest BCUT2D eigenvalue weighted by molar-refractivity contribution is -0.768. The third-order valence-corrected chi connectivity index (χ3v) is 1.86. The Kier molecular flexibility index (Phi) is 4.10. The Labute approximate surface area is 81.2 Å². The molecule has 0 aliphatic carbocycles. The summed E-state index contributed by atoms with van der Waals surface area (Å²) in [6.45, 7) is 5.54. The van der Waals surface area contributed by atoms with Gasteiger partial charge >= 0.3 is 0 Å². The number of rotatable bonds is 3. The standard InChI is InChI=1S/C8H11N3O2.H2O/c1-5(2)11-7(4-12)8(10-13)6(3)9-11;/h4-5H,1-3H3;1H2. The number of nitrogens with one attached hydrogen (secondary N) is 1. The molecule has 1 aromatic heterocycles. The first-order valence-corrected chi connectivity index (χ1v) is 4.04. The van der Waals surface area contributed by atoms with E-state index >= 15 is 0 Å². The number of aldehydes is 1. The summed E-state index contributed by atoms with van der Waals surface area (Å²) in [6.07, 6.45) is 0.639. The Bertz CT molecular complexity index is 344. The van der Waals surface area contributed by atoms with E-state index in [1.54, 1.807) is 11.6 Å². The molecule has 0 radical (unpaired) electrons. The van der Waals surface area contributed by atoms with Crippen molar-refractivity contribution >= 4 is 12.0 Å². The van der Waals surface area contributed by atoms with Crippen LogP contribution in [0.5, 0.6) is 0 Å². The highest BCUT2D eigenvalue weighted by atomic mass is 16.3. The highest BCUT2D eigenvalue weighted by Gasteiger charge is 2.25. The summed E-state index contributed by atoms with van der Waals surface area (Å²) in [5.41, 5.74) is 1.12. The van der Waals surface area contributed by atoms with E-state index in [1.165, 1.54) is 0 Å². The van der Waals surface area contributed by atoms with Gasteiger partial charge in [0.2, 0.25) is 12.0 Å². The number of nitroso groups, excluding NO2 is 1. The number of carbonyl (C=O) groups is 1. The minimum absolute atomic E-state index is 0. The number of H-pyrrole nitrogens is 1. The molecule has 6 heteroatoms. The lowest BCUT2D eigenvalue weighted by Gasteiger charge is -1.94. The molecule has 0 aliphatic heterocycles. The van der Waals surface area contributed by atoms with Crippen molar-refractivity contribution in [1.29, 1.82) is 0 Å². The Morgan fingerprint density at radius 1 is 1.50 bits per heavy atom. The lowest BCUT2D eigenvalue weighted by Crippen LogP contribution is -2.41. The molecule has 0 saturated carbocycles. The molecule has 14 heavy (non-hydrogen) atoms. The lowest BCUT2D eigenvalue weighted by atomic mass is 10.3. The molecule has 0 bridgehead atoms. The molecule has 2 N–H and O–H groups in total. The predicted octanol–water partition coefficient (Wildman–Crippen LogP) is 1.23. The van der Waals surface area contributed by atoms with Crippen LogP contribution in [0.3, 0.4) is 0 Å². The third kappa shape index (κ3) is 1.85. The van der Waals surface area contributed by atoms with Crippen molar-refractivity contribution in [1.82, 2.24) is 5.10 Å². The minimum atomic E-state index is 0. The molecular weight excluding hydrogens is 186 g/mol. The molecule has 0 aliphatic rings. The normalized spacial score (nSPS) is 9.71. The van der Waals surface area contributed by atoms with E-state index in [9.17, 15) is 9.70 Å². The maximum absolute atomic E-state index is 10.7. The summed E-state index contributed by atoms with van der Waals surface area (Å²) in [6, 6.07) is 0.106. The highest BCUT2D eigenvalue weighted by molar-refractivity contribution is 5.78. The molecule has 0 spiro atoms. The third-order valence-electron chi connectivity index (χ3n) is 1.86. The number of aryl methyl sites for hydroxylation is 1. The fourth-order valence-electron chi connectivity index (χ4n) is 1.24. The first-order valence-electron chi connectivity index (χ1n) is 4.04. The zero-order chi connectivity index (χ0) is 10.0. The number of aromatic amines is 1. The fourth-order valence-corrected chi connectivity index (χ4v) is 1.24. The van der Waals surface area contributed by atoms with Gasteiger partial charge in [-0.1, -0.05) is 0 Å². The summed E-state index contributed by atoms with van der Waals surface area (Å²) in [5, 5.41) is 5.72. The molecule has 78 valence electrons. The van der Waals surface area contributed by atoms with E-state index in [0.717, 1.165) is 0 Å². The fraction of sp³-hybridized carbons (Fsp3) is 0.500. The van der Waals surface area contributed by atoms with Gasteiger partial charge in [0.1, 0.15) is 5.69 Å². The number of hydrogen-bond acceptors (Lipinski definition) is 4. The average Bonchev–Trinajstić information content (AvgIpc) is 2.41. The Balaban J connectivity index is 0.00000169. The molecule has 0 aromatic carbocycles. The van der Waals surface area contributed by atoms with Gasteiger partial charge in [-0.05, 0) is 25.9 Å². The summed E-state index contributed by atoms with van der Waals surface area (Å²) in [4.78, 5) is 21.1. The van der Waals surface area contributed by atoms with Gasteiger partial charge in [-0.3, -0.25) is 4.79 Å². The summed E-state index contributed by atoms with van der Waals surface area (Å²) < 4.78 is 1.62. The van der Waals surface area contributed by atoms with E-state index in [0.29, 0.717) is 17.7 Å². The predicted molar refractivity (Wildman–Crippen MR) is 48.9 cm³/mol. The SMILES string of the molecule is Cc1[nH][n+](C(C)C)c(C=O)c1N=O.[OH-]. The maximum Gasteiger partial charge on any atom is 0.300 e. The molecule has 1 aromatic rings. The molecular formula is C8H13N3O3. The van der Waals surface area contributed by atoms with Crippen LogP contribution in [0.15, 0.2) is 5.18 Å². The van der Waals surface area contributed by atoms with Crippen LogP contribution in [0.1, 0.15) is 36.1 Å². The van der Waals surface area contributed by atoms with Gasteiger partial charge in [0.25, 0.3) is 5.69 Å². The van der Waals surface area contributed by atoms with Gasteiger partial charge in [0.15, 0.2) is 6.04 Å². The van der Waals surface area contributed by atoms with Crippen molar-refractivity contribution in [2.75, 3.05) is 0 Å². The zero-order valence-corrected chi connectivity index (χ0v) is 8.31. The summed E-state index contributed by atoms with van der Waals surface area (Å²) in [5.74, 6) is 0. The van der Waals surface area contributed by atoms with Crippen LogP contribution in [-0.2, 0) is 0 Å². The highest BCUT2D eigenvalue weighted by Crippen LogP contribution is 2.18. The Morgan fingerprint density at radius 3 is 2.43 bits per heavy atom. The van der Waals surface area contributed by atoms with Gasteiger partial charge < -0.3 is 5.48 Å². The molecule has 6 nitrogen and oxygen atoms in total. The van der Waals surface area contributed by atoms with E-state index in [2.05, 4.69) is 10.3 Å². The molecule has 0 saturated heterocycles.